The number of hydrogen-bond acceptors (Lipinski definition) is 7. The highest BCUT2D eigenvalue weighted by Gasteiger charge is 2.41. The van der Waals surface area contributed by atoms with Crippen LogP contribution >= 0.6 is 11.6 Å². The van der Waals surface area contributed by atoms with E-state index in [1.807, 2.05) is 0 Å². The lowest BCUT2D eigenvalue weighted by Crippen LogP contribution is -2.31. The number of esters is 1. The van der Waals surface area contributed by atoms with Gasteiger partial charge in [-0.05, 0) is 92.2 Å². The van der Waals surface area contributed by atoms with E-state index in [1.165, 1.54) is 50.3 Å². The van der Waals surface area contributed by atoms with Gasteiger partial charge in [0.1, 0.15) is 23.9 Å². The van der Waals surface area contributed by atoms with Crippen molar-refractivity contribution >= 4 is 33.3 Å². The topological polar surface area (TPSA) is 85.4 Å². The highest BCUT2D eigenvalue weighted by Crippen LogP contribution is 2.32. The molecular weight excluding hydrogens is 585 g/mol. The van der Waals surface area contributed by atoms with Gasteiger partial charge in [0.2, 0.25) is 0 Å². The van der Waals surface area contributed by atoms with Gasteiger partial charge in [-0.2, -0.15) is 13.2 Å². The molecule has 0 atom stereocenters. The first-order valence-corrected chi connectivity index (χ1v) is 14.5. The van der Waals surface area contributed by atoms with Crippen molar-refractivity contribution in [1.29, 1.82) is 0 Å². The van der Waals surface area contributed by atoms with E-state index in [2.05, 4.69) is 9.64 Å². The first kappa shape index (κ1) is 30.5. The lowest BCUT2D eigenvalue weighted by atomic mass is 10.2. The van der Waals surface area contributed by atoms with Gasteiger partial charge in [-0.3, -0.25) is 9.21 Å². The molecule has 0 saturated carbocycles. The monoisotopic (exact) mass is 612 g/mol. The summed E-state index contributed by atoms with van der Waals surface area (Å²) in [5, 5.41) is -0.0886. The molecule has 0 amide bonds. The number of sulfonamides is 1. The van der Waals surface area contributed by atoms with Crippen molar-refractivity contribution in [2.45, 2.75) is 30.5 Å². The number of nitrogens with zero attached hydrogens (tertiary/aromatic N) is 2. The number of carbonyl (C=O) groups is 1. The van der Waals surface area contributed by atoms with Gasteiger partial charge in [-0.1, -0.05) is 17.7 Å². The minimum Gasteiger partial charge on any atom is -0.497 e. The Bertz CT molecular complexity index is 1450. The summed E-state index contributed by atoms with van der Waals surface area (Å²) in [6, 6.07) is 15.8. The molecule has 0 unspecified atom stereocenters. The molecule has 0 aromatic heterocycles. The number of alkyl halides is 3. The molecule has 0 N–H and O–H groups in total. The fraction of sp³-hybridized carbons (Fsp3) is 0.321. The Balaban J connectivity index is 1.59. The Labute approximate surface area is 241 Å². The average Bonchev–Trinajstić information content (AvgIpc) is 3.46. The van der Waals surface area contributed by atoms with E-state index in [-0.39, 0.29) is 22.0 Å². The maximum absolute atomic E-state index is 13.8. The van der Waals surface area contributed by atoms with Crippen LogP contribution in [0, 0.1) is 0 Å². The minimum atomic E-state index is -5.18. The normalized spacial score (nSPS) is 14.1. The average molecular weight is 613 g/mol. The Hall–Kier alpha value is -3.48. The fourth-order valence-electron chi connectivity index (χ4n) is 4.24. The zero-order valence-electron chi connectivity index (χ0n) is 22.1. The summed E-state index contributed by atoms with van der Waals surface area (Å²) >= 11 is 6.30. The summed E-state index contributed by atoms with van der Waals surface area (Å²) in [6.07, 6.45) is -2.82. The molecule has 3 aromatic rings. The van der Waals surface area contributed by atoms with Crippen LogP contribution in [0.3, 0.4) is 0 Å². The largest absolute Gasteiger partial charge is 0.497 e. The van der Waals surface area contributed by atoms with Gasteiger partial charge in [0, 0.05) is 11.6 Å². The standard InChI is InChI=1S/C28H28ClF3N2O6S/c1-38-22-10-12-25(13-11-22)41(36,37)34(19-20-4-7-24(18-26(20)29)40-27(35)28(30,31)32)21-5-8-23(9-6-21)39-17-16-33-14-2-3-15-33/h4-13,18H,2-3,14-17,19H2,1H3. The number of hydrogen-bond donors (Lipinski definition) is 0. The van der Waals surface area contributed by atoms with Crippen molar-refractivity contribution in [3.63, 3.8) is 0 Å². The van der Waals surface area contributed by atoms with E-state index >= 15 is 0 Å². The molecule has 0 bridgehead atoms. The number of anilines is 1. The zero-order chi connectivity index (χ0) is 29.6. The molecular formula is C28H28ClF3N2O6S. The van der Waals surface area contributed by atoms with E-state index in [4.69, 9.17) is 21.1 Å². The molecule has 41 heavy (non-hydrogen) atoms. The van der Waals surface area contributed by atoms with Crippen LogP contribution in [0.2, 0.25) is 5.02 Å². The third kappa shape index (κ3) is 7.84. The first-order valence-electron chi connectivity index (χ1n) is 12.7. The number of likely N-dealkylation sites (tertiary alicyclic amines) is 1. The number of carbonyl (C=O) groups excluding carboxylic acids is 1. The van der Waals surface area contributed by atoms with Crippen LogP contribution in [-0.4, -0.2) is 58.8 Å². The van der Waals surface area contributed by atoms with Crippen molar-refractivity contribution in [1.82, 2.24) is 4.90 Å². The number of benzene rings is 3. The molecule has 0 radical (unpaired) electrons. The van der Waals surface area contributed by atoms with Crippen molar-refractivity contribution < 1.29 is 40.6 Å². The van der Waals surface area contributed by atoms with Crippen molar-refractivity contribution in [3.05, 3.63) is 77.3 Å². The van der Waals surface area contributed by atoms with Gasteiger partial charge in [0.15, 0.2) is 0 Å². The van der Waals surface area contributed by atoms with Crippen molar-refractivity contribution in [2.75, 3.05) is 37.7 Å². The summed E-state index contributed by atoms with van der Waals surface area (Å²) in [6.45, 7) is 3.12. The zero-order valence-corrected chi connectivity index (χ0v) is 23.6. The third-order valence-electron chi connectivity index (χ3n) is 6.43. The summed E-state index contributed by atoms with van der Waals surface area (Å²) in [5.74, 6) is -1.78. The predicted octanol–water partition coefficient (Wildman–Crippen LogP) is 5.69. The third-order valence-corrected chi connectivity index (χ3v) is 8.57. The highest BCUT2D eigenvalue weighted by molar-refractivity contribution is 7.92. The van der Waals surface area contributed by atoms with Gasteiger partial charge in [-0.15, -0.1) is 0 Å². The van der Waals surface area contributed by atoms with E-state index < -0.39 is 27.9 Å². The summed E-state index contributed by atoms with van der Waals surface area (Å²) in [5.41, 5.74) is 0.567. The first-order chi connectivity index (χ1) is 19.5. The second kappa shape index (κ2) is 13.0. The van der Waals surface area contributed by atoms with Crippen molar-refractivity contribution in [2.24, 2.45) is 0 Å². The van der Waals surface area contributed by atoms with Crippen LogP contribution in [0.5, 0.6) is 17.2 Å². The maximum Gasteiger partial charge on any atom is 0.491 e. The second-order valence-electron chi connectivity index (χ2n) is 9.22. The fourth-order valence-corrected chi connectivity index (χ4v) is 5.91. The van der Waals surface area contributed by atoms with Crippen LogP contribution in [0.15, 0.2) is 71.6 Å². The smallest absolute Gasteiger partial charge is 0.491 e. The highest BCUT2D eigenvalue weighted by atomic mass is 35.5. The Morgan fingerprint density at radius 3 is 2.15 bits per heavy atom. The van der Waals surface area contributed by atoms with Crippen LogP contribution in [0.1, 0.15) is 18.4 Å². The molecule has 1 aliphatic rings. The number of methoxy groups -OCH3 is 1. The van der Waals surface area contributed by atoms with Crippen LogP contribution in [0.4, 0.5) is 18.9 Å². The Kier molecular flexibility index (Phi) is 9.67. The van der Waals surface area contributed by atoms with Gasteiger partial charge in [-0.25, -0.2) is 13.2 Å². The van der Waals surface area contributed by atoms with Crippen molar-refractivity contribution in [3.8, 4) is 17.2 Å². The molecule has 1 aliphatic heterocycles. The molecule has 0 spiro atoms. The maximum atomic E-state index is 13.8. The summed E-state index contributed by atoms with van der Waals surface area (Å²) in [7, 11) is -2.69. The SMILES string of the molecule is COc1ccc(S(=O)(=O)N(Cc2ccc(OC(=O)C(F)(F)F)cc2Cl)c2ccc(OCCN3CCCC3)cc2)cc1. The lowest BCUT2D eigenvalue weighted by molar-refractivity contribution is -0.189. The molecule has 8 nitrogen and oxygen atoms in total. The summed E-state index contributed by atoms with van der Waals surface area (Å²) < 4.78 is 81.7. The molecule has 1 fully saturated rings. The quantitative estimate of drug-likeness (QED) is 0.203. The number of halogens is 4. The second-order valence-corrected chi connectivity index (χ2v) is 11.5. The molecule has 4 rings (SSSR count). The lowest BCUT2D eigenvalue weighted by Gasteiger charge is -2.25. The van der Waals surface area contributed by atoms with Gasteiger partial charge in [0.05, 0.1) is 24.2 Å². The van der Waals surface area contributed by atoms with E-state index in [0.29, 0.717) is 23.8 Å². The van der Waals surface area contributed by atoms with E-state index in [0.717, 1.165) is 36.1 Å². The number of rotatable bonds is 11. The molecule has 3 aromatic carbocycles. The Morgan fingerprint density at radius 1 is 0.951 bits per heavy atom. The molecule has 0 aliphatic carbocycles. The molecule has 1 saturated heterocycles. The molecule has 13 heteroatoms. The minimum absolute atomic E-state index is 0.0175. The molecule has 220 valence electrons. The van der Waals surface area contributed by atoms with Gasteiger partial charge in [0.25, 0.3) is 10.0 Å². The van der Waals surface area contributed by atoms with Crippen LogP contribution in [-0.2, 0) is 21.4 Å². The Morgan fingerprint density at radius 2 is 1.56 bits per heavy atom. The van der Waals surface area contributed by atoms with Gasteiger partial charge >= 0.3 is 12.1 Å². The number of ether oxygens (including phenoxy) is 3. The van der Waals surface area contributed by atoms with E-state index in [9.17, 15) is 26.4 Å². The molecule has 1 heterocycles. The predicted molar refractivity (Wildman–Crippen MR) is 147 cm³/mol. The van der Waals surface area contributed by atoms with E-state index in [1.54, 1.807) is 24.3 Å². The summed E-state index contributed by atoms with van der Waals surface area (Å²) in [4.78, 5) is 13.5. The van der Waals surface area contributed by atoms with Crippen LogP contribution < -0.4 is 18.5 Å². The van der Waals surface area contributed by atoms with Crippen LogP contribution in [0.25, 0.3) is 0 Å². The van der Waals surface area contributed by atoms with Gasteiger partial charge < -0.3 is 14.2 Å².